The molecule has 1 atom stereocenters. The zero-order valence-electron chi connectivity index (χ0n) is 23.3. The number of aromatic nitrogens is 2. The van der Waals surface area contributed by atoms with Crippen LogP contribution < -0.4 is 0 Å². The number of carbonyl (C=O) groups excluding carboxylic acids is 2. The number of rotatable bonds is 9. The van der Waals surface area contributed by atoms with Crippen LogP contribution in [-0.4, -0.2) is 65.2 Å². The summed E-state index contributed by atoms with van der Waals surface area (Å²) in [7, 11) is 0. The van der Waals surface area contributed by atoms with Crippen molar-refractivity contribution in [1.29, 1.82) is 0 Å². The first-order valence-electron chi connectivity index (χ1n) is 13.7. The summed E-state index contributed by atoms with van der Waals surface area (Å²) in [5.74, 6) is 0.0185. The number of ether oxygens (including phenoxy) is 2. The minimum Gasteiger partial charge on any atom is -0.378 e. The SMILES string of the molecule is Cc1ccc(C(=O)c2c(C)n(Cc3ccc(/C=C/CO[C@H](C)C(=O)N4CCOCC4)cc3)c3ncccc23)cc1. The maximum atomic E-state index is 13.5. The van der Waals surface area contributed by atoms with Crippen LogP contribution >= 0.6 is 0 Å². The molecule has 1 fully saturated rings. The highest BCUT2D eigenvalue weighted by molar-refractivity contribution is 6.17. The van der Waals surface area contributed by atoms with Gasteiger partial charge in [0.2, 0.25) is 0 Å². The van der Waals surface area contributed by atoms with E-state index in [1.165, 1.54) is 0 Å². The van der Waals surface area contributed by atoms with E-state index in [2.05, 4.69) is 33.8 Å². The van der Waals surface area contributed by atoms with E-state index in [-0.39, 0.29) is 11.7 Å². The predicted molar refractivity (Wildman–Crippen MR) is 156 cm³/mol. The number of ketones is 1. The number of fused-ring (bicyclic) bond motifs is 1. The Morgan fingerprint density at radius 3 is 2.48 bits per heavy atom. The molecule has 1 saturated heterocycles. The lowest BCUT2D eigenvalue weighted by atomic mass is 10.0. The second-order valence-electron chi connectivity index (χ2n) is 10.2. The molecule has 0 unspecified atom stereocenters. The van der Waals surface area contributed by atoms with Gasteiger partial charge >= 0.3 is 0 Å². The van der Waals surface area contributed by atoms with Crippen LogP contribution in [0, 0.1) is 13.8 Å². The summed E-state index contributed by atoms with van der Waals surface area (Å²) in [5, 5.41) is 0.867. The van der Waals surface area contributed by atoms with Gasteiger partial charge in [-0.05, 0) is 44.0 Å². The molecule has 2 aromatic carbocycles. The molecule has 1 aliphatic rings. The van der Waals surface area contributed by atoms with E-state index in [9.17, 15) is 9.59 Å². The number of aryl methyl sites for hydroxylation is 1. The fraction of sp³-hybridized carbons (Fsp3) is 0.303. The third kappa shape index (κ3) is 6.06. The molecule has 206 valence electrons. The normalized spacial score (nSPS) is 14.6. The summed E-state index contributed by atoms with van der Waals surface area (Å²) in [6, 6.07) is 19.8. The quantitative estimate of drug-likeness (QED) is 0.274. The van der Waals surface area contributed by atoms with Gasteiger partial charge in [0, 0.05) is 42.5 Å². The second-order valence-corrected chi connectivity index (χ2v) is 10.2. The number of nitrogens with zero attached hydrogens (tertiary/aromatic N) is 3. The van der Waals surface area contributed by atoms with Crippen molar-refractivity contribution in [1.82, 2.24) is 14.5 Å². The first kappa shape index (κ1) is 27.5. The van der Waals surface area contributed by atoms with Gasteiger partial charge < -0.3 is 18.9 Å². The number of morpholine rings is 1. The molecular formula is C33H35N3O4. The van der Waals surface area contributed by atoms with Crippen molar-refractivity contribution in [2.75, 3.05) is 32.9 Å². The smallest absolute Gasteiger partial charge is 0.251 e. The Balaban J connectivity index is 1.25. The fourth-order valence-corrected chi connectivity index (χ4v) is 5.04. The van der Waals surface area contributed by atoms with E-state index in [0.717, 1.165) is 33.4 Å². The maximum Gasteiger partial charge on any atom is 0.251 e. The van der Waals surface area contributed by atoms with Crippen molar-refractivity contribution in [2.24, 2.45) is 0 Å². The van der Waals surface area contributed by atoms with Gasteiger partial charge in [-0.15, -0.1) is 0 Å². The van der Waals surface area contributed by atoms with Crippen LogP contribution in [0.25, 0.3) is 17.1 Å². The van der Waals surface area contributed by atoms with Crippen molar-refractivity contribution in [3.05, 3.63) is 106 Å². The van der Waals surface area contributed by atoms with Crippen LogP contribution in [0.1, 0.15) is 45.2 Å². The Morgan fingerprint density at radius 2 is 1.75 bits per heavy atom. The molecule has 1 amide bonds. The van der Waals surface area contributed by atoms with Gasteiger partial charge in [-0.1, -0.05) is 66.2 Å². The molecule has 0 radical (unpaired) electrons. The lowest BCUT2D eigenvalue weighted by Gasteiger charge is -2.29. The average Bonchev–Trinajstić information content (AvgIpc) is 3.26. The number of pyridine rings is 1. The zero-order chi connectivity index (χ0) is 28.1. The van der Waals surface area contributed by atoms with E-state index in [4.69, 9.17) is 9.47 Å². The summed E-state index contributed by atoms with van der Waals surface area (Å²) in [6.45, 7) is 9.16. The lowest BCUT2D eigenvalue weighted by Crippen LogP contribution is -2.45. The topological polar surface area (TPSA) is 73.7 Å². The molecule has 0 aliphatic carbocycles. The standard InChI is InChI=1S/C33H35N3O4/c1-23-8-14-28(15-9-23)31(37)30-24(2)36(32-29(30)7-4-16-34-32)22-27-12-10-26(11-13-27)6-5-19-40-25(3)33(38)35-17-20-39-21-18-35/h4-16,25H,17-22H2,1-3H3/b6-5+/t25-/m1/s1. The van der Waals surface area contributed by atoms with Crippen molar-refractivity contribution >= 4 is 28.8 Å². The van der Waals surface area contributed by atoms with Gasteiger partial charge in [0.1, 0.15) is 11.8 Å². The molecule has 2 aromatic heterocycles. The molecule has 7 nitrogen and oxygen atoms in total. The highest BCUT2D eigenvalue weighted by atomic mass is 16.5. The highest BCUT2D eigenvalue weighted by Gasteiger charge is 2.23. The Bertz CT molecular complexity index is 1510. The molecule has 0 spiro atoms. The maximum absolute atomic E-state index is 13.5. The van der Waals surface area contributed by atoms with Crippen molar-refractivity contribution in [3.8, 4) is 0 Å². The van der Waals surface area contributed by atoms with Gasteiger partial charge in [0.05, 0.1) is 25.4 Å². The molecular weight excluding hydrogens is 502 g/mol. The number of amides is 1. The first-order valence-corrected chi connectivity index (χ1v) is 13.7. The summed E-state index contributed by atoms with van der Waals surface area (Å²) in [5.41, 5.74) is 6.36. The van der Waals surface area contributed by atoms with E-state index < -0.39 is 6.10 Å². The van der Waals surface area contributed by atoms with Gasteiger partial charge in [0.25, 0.3) is 5.91 Å². The monoisotopic (exact) mass is 537 g/mol. The van der Waals surface area contributed by atoms with Crippen LogP contribution in [0.5, 0.6) is 0 Å². The van der Waals surface area contributed by atoms with E-state index in [1.54, 1.807) is 18.0 Å². The molecule has 4 aromatic rings. The van der Waals surface area contributed by atoms with Crippen LogP contribution in [0.3, 0.4) is 0 Å². The van der Waals surface area contributed by atoms with Crippen molar-refractivity contribution in [2.45, 2.75) is 33.4 Å². The van der Waals surface area contributed by atoms with E-state index in [0.29, 0.717) is 50.6 Å². The summed E-state index contributed by atoms with van der Waals surface area (Å²) in [4.78, 5) is 32.4. The van der Waals surface area contributed by atoms with Crippen LogP contribution in [-0.2, 0) is 20.8 Å². The van der Waals surface area contributed by atoms with E-state index >= 15 is 0 Å². The lowest BCUT2D eigenvalue weighted by molar-refractivity contribution is -0.145. The minimum atomic E-state index is -0.485. The number of benzene rings is 2. The first-order chi connectivity index (χ1) is 19.4. The Hall–Kier alpha value is -4.07. The van der Waals surface area contributed by atoms with Crippen LogP contribution in [0.2, 0.25) is 0 Å². The largest absolute Gasteiger partial charge is 0.378 e. The molecule has 5 rings (SSSR count). The molecule has 7 heteroatoms. The molecule has 0 bridgehead atoms. The van der Waals surface area contributed by atoms with Gasteiger partial charge in [-0.25, -0.2) is 4.98 Å². The zero-order valence-corrected chi connectivity index (χ0v) is 23.3. The number of hydrogen-bond acceptors (Lipinski definition) is 5. The van der Waals surface area contributed by atoms with Gasteiger partial charge in [-0.2, -0.15) is 0 Å². The third-order valence-electron chi connectivity index (χ3n) is 7.36. The Labute approximate surface area is 235 Å². The number of carbonyl (C=O) groups is 2. The van der Waals surface area contributed by atoms with Gasteiger partial charge in [0.15, 0.2) is 5.78 Å². The minimum absolute atomic E-state index is 0.00657. The second kappa shape index (κ2) is 12.4. The van der Waals surface area contributed by atoms with E-state index in [1.807, 2.05) is 62.4 Å². The molecule has 1 aliphatic heterocycles. The molecule has 0 N–H and O–H groups in total. The summed E-state index contributed by atoms with van der Waals surface area (Å²) in [6.07, 6.45) is 5.20. The summed E-state index contributed by atoms with van der Waals surface area (Å²) >= 11 is 0. The highest BCUT2D eigenvalue weighted by Crippen LogP contribution is 2.28. The third-order valence-corrected chi connectivity index (χ3v) is 7.36. The predicted octanol–water partition coefficient (Wildman–Crippen LogP) is 5.21. The van der Waals surface area contributed by atoms with Crippen LogP contribution in [0.4, 0.5) is 0 Å². The van der Waals surface area contributed by atoms with Gasteiger partial charge in [-0.3, -0.25) is 9.59 Å². The molecule has 3 heterocycles. The Morgan fingerprint density at radius 1 is 1.02 bits per heavy atom. The van der Waals surface area contributed by atoms with Crippen LogP contribution in [0.15, 0.2) is 72.9 Å². The fourth-order valence-electron chi connectivity index (χ4n) is 5.04. The Kier molecular flexibility index (Phi) is 8.53. The molecule has 0 saturated carbocycles. The molecule has 40 heavy (non-hydrogen) atoms. The summed E-state index contributed by atoms with van der Waals surface area (Å²) < 4.78 is 13.2. The van der Waals surface area contributed by atoms with Crippen molar-refractivity contribution in [3.63, 3.8) is 0 Å². The average molecular weight is 538 g/mol. The number of hydrogen-bond donors (Lipinski definition) is 0. The van der Waals surface area contributed by atoms with Crippen molar-refractivity contribution < 1.29 is 19.1 Å².